The zero-order chi connectivity index (χ0) is 13.1. The second-order valence-corrected chi connectivity index (χ2v) is 7.76. The van der Waals surface area contributed by atoms with Crippen molar-refractivity contribution >= 4 is 21.8 Å². The van der Waals surface area contributed by atoms with E-state index in [-0.39, 0.29) is 5.94 Å². The number of aromatic amines is 1. The van der Waals surface area contributed by atoms with Gasteiger partial charge in [0.15, 0.2) is 5.16 Å². The molecule has 100 valence electrons. The fourth-order valence-corrected chi connectivity index (χ4v) is 4.31. The summed E-state index contributed by atoms with van der Waals surface area (Å²) in [5.74, 6) is 1.63. The molecule has 3 heterocycles. The van der Waals surface area contributed by atoms with Crippen LogP contribution >= 0.6 is 21.8 Å². The summed E-state index contributed by atoms with van der Waals surface area (Å²) in [6.07, 6.45) is 5.52. The van der Waals surface area contributed by atoms with E-state index in [1.54, 1.807) is 6.26 Å². The molecule has 0 atom stereocenters. The average Bonchev–Trinajstić information content (AvgIpc) is 3.17. The fourth-order valence-electron chi connectivity index (χ4n) is 1.69. The largest absolute Gasteiger partial charge is 0.468 e. The third-order valence-electron chi connectivity index (χ3n) is 2.70. The van der Waals surface area contributed by atoms with Crippen LogP contribution in [-0.2, 0) is 5.75 Å². The zero-order valence-corrected chi connectivity index (χ0v) is 11.7. The first kappa shape index (κ1) is 12.6. The Labute approximate surface area is 116 Å². The van der Waals surface area contributed by atoms with Crippen molar-refractivity contribution in [3.8, 4) is 0 Å². The second kappa shape index (κ2) is 5.28. The van der Waals surface area contributed by atoms with Gasteiger partial charge >= 0.3 is 0 Å². The van der Waals surface area contributed by atoms with Crippen molar-refractivity contribution in [2.24, 2.45) is 0 Å². The van der Waals surface area contributed by atoms with Gasteiger partial charge in [0.05, 0.1) is 18.0 Å². The molecule has 5 nitrogen and oxygen atoms in total. The summed E-state index contributed by atoms with van der Waals surface area (Å²) in [5.41, 5.74) is 0. The molecule has 2 aromatic rings. The molecule has 0 saturated heterocycles. The van der Waals surface area contributed by atoms with E-state index in [0.717, 1.165) is 10.9 Å². The van der Waals surface area contributed by atoms with Crippen molar-refractivity contribution in [3.05, 3.63) is 47.1 Å². The van der Waals surface area contributed by atoms with Crippen LogP contribution in [0.3, 0.4) is 0 Å². The molecule has 0 fully saturated rings. The van der Waals surface area contributed by atoms with Gasteiger partial charge in [0.1, 0.15) is 5.76 Å². The van der Waals surface area contributed by atoms with Gasteiger partial charge in [-0.2, -0.15) is 4.98 Å². The summed E-state index contributed by atoms with van der Waals surface area (Å²) < 4.78 is 5.26. The lowest BCUT2D eigenvalue weighted by atomic mass is 10.5. The number of H-pyrrole nitrogens is 1. The van der Waals surface area contributed by atoms with Crippen LogP contribution in [0.1, 0.15) is 5.76 Å². The van der Waals surface area contributed by atoms with Gasteiger partial charge in [-0.15, -0.1) is 15.1 Å². The zero-order valence-electron chi connectivity index (χ0n) is 10.0. The van der Waals surface area contributed by atoms with E-state index in [9.17, 15) is 5.11 Å². The predicted molar refractivity (Wildman–Crippen MR) is 75.9 cm³/mol. The molecule has 0 aliphatic carbocycles. The SMILES string of the molecule is OCS1(c2nc(SCc3ccco3)n[nH]2)C=CC=C1. The number of furan rings is 1. The molecule has 0 saturated carbocycles. The maximum absolute atomic E-state index is 9.58. The van der Waals surface area contributed by atoms with Crippen LogP contribution in [0.4, 0.5) is 0 Å². The lowest BCUT2D eigenvalue weighted by Crippen LogP contribution is -1.99. The monoisotopic (exact) mass is 295 g/mol. The number of hydrogen-bond donors (Lipinski definition) is 2. The number of rotatable bonds is 5. The van der Waals surface area contributed by atoms with Gasteiger partial charge in [0, 0.05) is 0 Å². The molecule has 0 amide bonds. The molecule has 19 heavy (non-hydrogen) atoms. The Morgan fingerprint density at radius 1 is 1.37 bits per heavy atom. The lowest BCUT2D eigenvalue weighted by molar-refractivity contribution is 0.372. The van der Waals surface area contributed by atoms with Crippen molar-refractivity contribution in [3.63, 3.8) is 0 Å². The van der Waals surface area contributed by atoms with Crippen LogP contribution in [0.25, 0.3) is 0 Å². The highest BCUT2D eigenvalue weighted by atomic mass is 32.3. The van der Waals surface area contributed by atoms with Crippen molar-refractivity contribution in [2.45, 2.75) is 16.1 Å². The van der Waals surface area contributed by atoms with Gasteiger partial charge in [-0.05, 0) is 22.9 Å². The quantitative estimate of drug-likeness (QED) is 0.830. The molecule has 1 aliphatic rings. The Hall–Kier alpha value is -1.44. The minimum absolute atomic E-state index is 0.0531. The molecular formula is C12H13N3O2S2. The highest BCUT2D eigenvalue weighted by molar-refractivity contribution is 8.38. The Bertz CT molecular complexity index is 592. The molecule has 2 N–H and O–H groups in total. The summed E-state index contributed by atoms with van der Waals surface area (Å²) in [6.45, 7) is 0. The molecule has 0 spiro atoms. The lowest BCUT2D eigenvalue weighted by Gasteiger charge is -2.24. The topological polar surface area (TPSA) is 74.9 Å². The second-order valence-electron chi connectivity index (χ2n) is 3.93. The Kier molecular flexibility index (Phi) is 3.50. The van der Waals surface area contributed by atoms with E-state index in [1.165, 1.54) is 11.8 Å². The van der Waals surface area contributed by atoms with E-state index >= 15 is 0 Å². The summed E-state index contributed by atoms with van der Waals surface area (Å²) in [7, 11) is -1.50. The Morgan fingerprint density at radius 2 is 2.21 bits per heavy atom. The smallest absolute Gasteiger partial charge is 0.209 e. The van der Waals surface area contributed by atoms with Crippen LogP contribution < -0.4 is 0 Å². The molecule has 0 radical (unpaired) electrons. The van der Waals surface area contributed by atoms with E-state index in [4.69, 9.17) is 4.42 Å². The molecular weight excluding hydrogens is 282 g/mol. The van der Waals surface area contributed by atoms with Crippen molar-refractivity contribution in [2.75, 3.05) is 5.94 Å². The van der Waals surface area contributed by atoms with Gasteiger partial charge in [0.25, 0.3) is 0 Å². The van der Waals surface area contributed by atoms with Crippen LogP contribution in [0, 0.1) is 0 Å². The van der Waals surface area contributed by atoms with Crippen LogP contribution in [-0.4, -0.2) is 26.2 Å². The maximum Gasteiger partial charge on any atom is 0.209 e. The first-order valence-electron chi connectivity index (χ1n) is 5.67. The summed E-state index contributed by atoms with van der Waals surface area (Å²) in [5, 5.41) is 22.1. The minimum atomic E-state index is -1.50. The first-order valence-corrected chi connectivity index (χ1v) is 8.58. The number of aromatic nitrogens is 3. The van der Waals surface area contributed by atoms with Crippen molar-refractivity contribution in [1.82, 2.24) is 15.2 Å². The number of thioether (sulfide) groups is 1. The summed E-state index contributed by atoms with van der Waals surface area (Å²) in [6, 6.07) is 3.78. The molecule has 2 aromatic heterocycles. The van der Waals surface area contributed by atoms with Gasteiger partial charge in [-0.1, -0.05) is 23.9 Å². The van der Waals surface area contributed by atoms with Crippen LogP contribution in [0.15, 0.2) is 56.1 Å². The standard InChI is InChI=1S/C12H13N3O2S2/c16-9-19(6-1-2-7-19)12-13-11(14-15-12)18-8-10-4-3-5-17-10/h1-7,16H,8-9H2,(H,13,14,15). The molecule has 0 aromatic carbocycles. The van der Waals surface area contributed by atoms with Gasteiger partial charge in [-0.3, -0.25) is 5.10 Å². The Balaban J connectivity index is 1.73. The third kappa shape index (κ3) is 2.49. The van der Waals surface area contributed by atoms with E-state index in [1.807, 2.05) is 35.1 Å². The van der Waals surface area contributed by atoms with Crippen LogP contribution in [0.2, 0.25) is 0 Å². The minimum Gasteiger partial charge on any atom is -0.468 e. The highest BCUT2D eigenvalue weighted by Gasteiger charge is 2.26. The summed E-state index contributed by atoms with van der Waals surface area (Å²) >= 11 is 1.50. The highest BCUT2D eigenvalue weighted by Crippen LogP contribution is 2.58. The number of allylic oxidation sites excluding steroid dienone is 2. The number of nitrogens with zero attached hydrogens (tertiary/aromatic N) is 2. The third-order valence-corrected chi connectivity index (χ3v) is 6.18. The number of aliphatic hydroxyl groups excluding tert-OH is 1. The average molecular weight is 295 g/mol. The molecule has 0 unspecified atom stereocenters. The molecule has 3 rings (SSSR count). The van der Waals surface area contributed by atoms with Gasteiger partial charge < -0.3 is 9.52 Å². The maximum atomic E-state index is 9.58. The van der Waals surface area contributed by atoms with E-state index in [0.29, 0.717) is 10.9 Å². The van der Waals surface area contributed by atoms with E-state index < -0.39 is 10.0 Å². The van der Waals surface area contributed by atoms with Crippen LogP contribution in [0.5, 0.6) is 0 Å². The predicted octanol–water partition coefficient (Wildman–Crippen LogP) is 2.84. The molecule has 0 bridgehead atoms. The van der Waals surface area contributed by atoms with E-state index in [2.05, 4.69) is 15.2 Å². The fraction of sp³-hybridized carbons (Fsp3) is 0.167. The number of nitrogens with one attached hydrogen (secondary N) is 1. The van der Waals surface area contributed by atoms with Gasteiger partial charge in [0.2, 0.25) is 5.16 Å². The van der Waals surface area contributed by atoms with Gasteiger partial charge in [-0.25, -0.2) is 0 Å². The molecule has 1 aliphatic heterocycles. The van der Waals surface area contributed by atoms with Crippen molar-refractivity contribution in [1.29, 1.82) is 0 Å². The van der Waals surface area contributed by atoms with Crippen molar-refractivity contribution < 1.29 is 9.52 Å². The normalized spacial score (nSPS) is 17.9. The Morgan fingerprint density at radius 3 is 2.89 bits per heavy atom. The number of aliphatic hydroxyl groups is 1. The molecule has 7 heteroatoms. The first-order chi connectivity index (χ1) is 9.32. The number of hydrogen-bond acceptors (Lipinski definition) is 5. The summed E-state index contributed by atoms with van der Waals surface area (Å²) in [4.78, 5) is 4.46.